The van der Waals surface area contributed by atoms with Gasteiger partial charge in [-0.25, -0.2) is 8.42 Å². The fourth-order valence-corrected chi connectivity index (χ4v) is 6.61. The highest BCUT2D eigenvalue weighted by Crippen LogP contribution is 2.31. The van der Waals surface area contributed by atoms with E-state index in [1.165, 1.54) is 13.0 Å². The Kier molecular flexibility index (Phi) is 6.88. The molecule has 2 aromatic heterocycles. The molecule has 0 aliphatic rings. The second-order valence-corrected chi connectivity index (χ2v) is 11.0. The van der Waals surface area contributed by atoms with E-state index >= 15 is 0 Å². The summed E-state index contributed by atoms with van der Waals surface area (Å²) in [6.07, 6.45) is 0. The molecule has 0 saturated heterocycles. The van der Waals surface area contributed by atoms with Crippen LogP contribution in [0, 0.1) is 20.8 Å². The number of esters is 1. The van der Waals surface area contributed by atoms with Crippen molar-refractivity contribution in [2.45, 2.75) is 39.2 Å². The maximum absolute atomic E-state index is 13.2. The summed E-state index contributed by atoms with van der Waals surface area (Å²) in [5.74, 6) is -0.950. The topological polar surface area (TPSA) is 127 Å². The van der Waals surface area contributed by atoms with E-state index in [0.717, 1.165) is 45.3 Å². The van der Waals surface area contributed by atoms with Gasteiger partial charge in [-0.05, 0) is 72.7 Å². The molecule has 0 aliphatic carbocycles. The Bertz CT molecular complexity index is 1560. The number of anilines is 2. The molecule has 12 heteroatoms. The van der Waals surface area contributed by atoms with Gasteiger partial charge in [0, 0.05) is 12.6 Å². The predicted molar refractivity (Wildman–Crippen MR) is 137 cm³/mol. The van der Waals surface area contributed by atoms with E-state index in [2.05, 4.69) is 18.8 Å². The molecule has 0 spiro atoms. The number of ether oxygens (including phenoxy) is 1. The number of hydrogen-bond acceptors (Lipinski definition) is 9. The van der Waals surface area contributed by atoms with Gasteiger partial charge in [-0.2, -0.15) is 8.75 Å². The van der Waals surface area contributed by atoms with Gasteiger partial charge < -0.3 is 10.1 Å². The summed E-state index contributed by atoms with van der Waals surface area (Å²) in [4.78, 5) is 24.4. The first kappa shape index (κ1) is 24.8. The van der Waals surface area contributed by atoms with Crippen molar-refractivity contribution in [3.8, 4) is 0 Å². The van der Waals surface area contributed by atoms with Gasteiger partial charge in [-0.15, -0.1) is 11.3 Å². The van der Waals surface area contributed by atoms with Crippen LogP contribution in [0.3, 0.4) is 0 Å². The van der Waals surface area contributed by atoms with Crippen molar-refractivity contribution in [2.75, 3.05) is 10.0 Å². The van der Waals surface area contributed by atoms with Crippen molar-refractivity contribution in [2.24, 2.45) is 0 Å². The van der Waals surface area contributed by atoms with Gasteiger partial charge in [0.15, 0.2) is 0 Å². The smallest absolute Gasteiger partial charge is 0.302 e. The van der Waals surface area contributed by atoms with E-state index in [9.17, 15) is 18.0 Å². The molecule has 4 aromatic rings. The van der Waals surface area contributed by atoms with Crippen molar-refractivity contribution < 1.29 is 22.7 Å². The van der Waals surface area contributed by atoms with Gasteiger partial charge in [-0.3, -0.25) is 14.3 Å². The van der Waals surface area contributed by atoms with Crippen LogP contribution >= 0.6 is 23.1 Å². The van der Waals surface area contributed by atoms with Crippen molar-refractivity contribution >= 4 is 67.4 Å². The largest absolute Gasteiger partial charge is 0.461 e. The molecule has 182 valence electrons. The van der Waals surface area contributed by atoms with E-state index < -0.39 is 21.9 Å². The number of sulfonamides is 1. The van der Waals surface area contributed by atoms with Gasteiger partial charge in [0.25, 0.3) is 15.9 Å². The fourth-order valence-electron chi connectivity index (χ4n) is 3.72. The Balaban J connectivity index is 1.61. The van der Waals surface area contributed by atoms with E-state index in [1.807, 2.05) is 26.8 Å². The van der Waals surface area contributed by atoms with Crippen LogP contribution in [0.15, 0.2) is 40.6 Å². The number of hydrogen-bond donors (Lipinski definition) is 2. The summed E-state index contributed by atoms with van der Waals surface area (Å²) >= 11 is 2.07. The SMILES string of the molecule is CC(=O)OCc1c(C)cc(C)c(NC(=O)c2sccc2S(=O)(=O)Nc2ccc3nsnc3c2)c1C. The van der Waals surface area contributed by atoms with Crippen LogP contribution in [-0.2, 0) is 26.2 Å². The third kappa shape index (κ3) is 5.19. The number of fused-ring (bicyclic) bond motifs is 1. The molecule has 0 saturated carbocycles. The van der Waals surface area contributed by atoms with Crippen molar-refractivity contribution in [3.05, 3.63) is 62.8 Å². The molecule has 1 amide bonds. The Morgan fingerprint density at radius 2 is 1.77 bits per heavy atom. The number of thiophene rings is 1. The number of amides is 1. The molecular formula is C23H22N4O5S3. The lowest BCUT2D eigenvalue weighted by atomic mass is 9.97. The first-order valence-electron chi connectivity index (χ1n) is 10.4. The van der Waals surface area contributed by atoms with Crippen molar-refractivity contribution in [3.63, 3.8) is 0 Å². The van der Waals surface area contributed by atoms with Crippen molar-refractivity contribution in [1.82, 2.24) is 8.75 Å². The number of benzene rings is 2. The number of carbonyl (C=O) groups is 2. The monoisotopic (exact) mass is 530 g/mol. The van der Waals surface area contributed by atoms with Gasteiger partial charge in [0.2, 0.25) is 0 Å². The average molecular weight is 531 g/mol. The standard InChI is InChI=1S/C23H22N4O5S3/c1-12-9-13(2)21(14(3)17(12)11-32-15(4)28)24-23(29)22-20(7-8-33-22)35(30,31)27-16-5-6-18-19(10-16)26-34-25-18/h5-10,27H,11H2,1-4H3,(H,24,29). The first-order valence-corrected chi connectivity index (χ1v) is 13.5. The minimum Gasteiger partial charge on any atom is -0.461 e. The highest BCUT2D eigenvalue weighted by Gasteiger charge is 2.25. The lowest BCUT2D eigenvalue weighted by Crippen LogP contribution is -2.19. The average Bonchev–Trinajstić information content (AvgIpc) is 3.45. The highest BCUT2D eigenvalue weighted by atomic mass is 32.2. The number of nitrogens with one attached hydrogen (secondary N) is 2. The summed E-state index contributed by atoms with van der Waals surface area (Å²) in [5, 5.41) is 4.41. The quantitative estimate of drug-likeness (QED) is 0.329. The zero-order valence-corrected chi connectivity index (χ0v) is 21.8. The van der Waals surface area contributed by atoms with Crippen LogP contribution in [0.25, 0.3) is 11.0 Å². The van der Waals surface area contributed by atoms with E-state index in [4.69, 9.17) is 4.74 Å². The molecule has 2 heterocycles. The minimum absolute atomic E-state index is 0.0508. The summed E-state index contributed by atoms with van der Waals surface area (Å²) in [7, 11) is -4.05. The van der Waals surface area contributed by atoms with Gasteiger partial charge >= 0.3 is 5.97 Å². The Morgan fingerprint density at radius 1 is 1.03 bits per heavy atom. The van der Waals surface area contributed by atoms with Crippen LogP contribution < -0.4 is 10.0 Å². The molecule has 35 heavy (non-hydrogen) atoms. The number of carbonyl (C=O) groups excluding carboxylic acids is 2. The third-order valence-corrected chi connectivity index (χ3v) is 8.44. The van der Waals surface area contributed by atoms with Crippen LogP contribution in [0.1, 0.15) is 38.8 Å². The number of aromatic nitrogens is 2. The molecule has 0 bridgehead atoms. The predicted octanol–water partition coefficient (Wildman–Crippen LogP) is 4.79. The molecule has 0 radical (unpaired) electrons. The maximum atomic E-state index is 13.2. The van der Waals surface area contributed by atoms with Gasteiger partial charge in [-0.1, -0.05) is 6.07 Å². The lowest BCUT2D eigenvalue weighted by molar-refractivity contribution is -0.142. The van der Waals surface area contributed by atoms with Crippen LogP contribution in [0.4, 0.5) is 11.4 Å². The number of rotatable bonds is 7. The first-order chi connectivity index (χ1) is 16.6. The van der Waals surface area contributed by atoms with E-state index in [1.54, 1.807) is 23.6 Å². The third-order valence-electron chi connectivity index (χ3n) is 5.42. The fraction of sp³-hybridized carbons (Fsp3) is 0.217. The van der Waals surface area contributed by atoms with Gasteiger partial charge in [0.1, 0.15) is 27.4 Å². The zero-order chi connectivity index (χ0) is 25.3. The molecule has 2 N–H and O–H groups in total. The second kappa shape index (κ2) is 9.72. The van der Waals surface area contributed by atoms with E-state index in [0.29, 0.717) is 22.4 Å². The molecule has 0 fully saturated rings. The summed E-state index contributed by atoms with van der Waals surface area (Å²) in [6, 6.07) is 8.14. The highest BCUT2D eigenvalue weighted by molar-refractivity contribution is 7.93. The van der Waals surface area contributed by atoms with Gasteiger partial charge in [0.05, 0.1) is 17.4 Å². The lowest BCUT2D eigenvalue weighted by Gasteiger charge is -2.18. The molecular weight excluding hydrogens is 508 g/mol. The Hall–Kier alpha value is -3.35. The van der Waals surface area contributed by atoms with Crippen molar-refractivity contribution in [1.29, 1.82) is 0 Å². The molecule has 9 nitrogen and oxygen atoms in total. The number of nitrogens with zero attached hydrogens (tertiary/aromatic N) is 2. The van der Waals surface area contributed by atoms with Crippen LogP contribution in [0.2, 0.25) is 0 Å². The van der Waals surface area contributed by atoms with Crippen LogP contribution in [-0.4, -0.2) is 29.0 Å². The minimum atomic E-state index is -4.05. The zero-order valence-electron chi connectivity index (χ0n) is 19.3. The van der Waals surface area contributed by atoms with E-state index in [-0.39, 0.29) is 16.4 Å². The normalized spacial score (nSPS) is 11.4. The second-order valence-electron chi connectivity index (χ2n) is 7.91. The molecule has 2 aromatic carbocycles. The summed E-state index contributed by atoms with van der Waals surface area (Å²) in [5.41, 5.74) is 5.39. The van der Waals surface area contributed by atoms with Crippen LogP contribution in [0.5, 0.6) is 0 Å². The summed E-state index contributed by atoms with van der Waals surface area (Å²) in [6.45, 7) is 6.99. The molecule has 0 aliphatic heterocycles. The molecule has 4 rings (SSSR count). The summed E-state index contributed by atoms with van der Waals surface area (Å²) < 4.78 is 42.2. The maximum Gasteiger partial charge on any atom is 0.302 e. The Morgan fingerprint density at radius 3 is 2.51 bits per heavy atom. The molecule has 0 unspecified atom stereocenters. The number of aryl methyl sites for hydroxylation is 2. The molecule has 0 atom stereocenters. The Labute approximate surface area is 210 Å².